The zero-order valence-corrected chi connectivity index (χ0v) is 26.8. The van der Waals surface area contributed by atoms with E-state index in [9.17, 15) is 25.1 Å². The van der Waals surface area contributed by atoms with Crippen molar-refractivity contribution in [3.8, 4) is 6.07 Å². The van der Waals surface area contributed by atoms with Crippen LogP contribution in [0.2, 0.25) is 0 Å². The summed E-state index contributed by atoms with van der Waals surface area (Å²) in [5, 5.41) is 25.7. The molecule has 10 heteroatoms. The smallest absolute Gasteiger partial charge is 0.253 e. The molecule has 2 aromatic carbocycles. The van der Waals surface area contributed by atoms with E-state index in [1.54, 1.807) is 42.9 Å². The first kappa shape index (κ1) is 32.7. The fraction of sp³-hybridized carbons (Fsp3) is 0.500. The number of hydrogen-bond acceptors (Lipinski definition) is 6. The third-order valence-corrected chi connectivity index (χ3v) is 8.63. The molecule has 4 rings (SSSR count). The summed E-state index contributed by atoms with van der Waals surface area (Å²) in [5.41, 5.74) is 4.08. The number of aryl methyl sites for hydroxylation is 2. The van der Waals surface area contributed by atoms with E-state index in [2.05, 4.69) is 16.7 Å². The van der Waals surface area contributed by atoms with Gasteiger partial charge in [0.15, 0.2) is 0 Å². The van der Waals surface area contributed by atoms with Crippen molar-refractivity contribution in [2.45, 2.75) is 63.5 Å². The van der Waals surface area contributed by atoms with Crippen molar-refractivity contribution in [1.29, 1.82) is 10.7 Å². The Morgan fingerprint density at radius 3 is 2.02 bits per heavy atom. The Morgan fingerprint density at radius 2 is 1.55 bits per heavy atom. The molecular formula is C34H45N7O3. The molecule has 44 heavy (non-hydrogen) atoms. The summed E-state index contributed by atoms with van der Waals surface area (Å²) < 4.78 is 0. The van der Waals surface area contributed by atoms with Gasteiger partial charge in [-0.2, -0.15) is 5.26 Å². The number of rotatable bonds is 9. The van der Waals surface area contributed by atoms with Crippen LogP contribution in [0, 0.1) is 16.7 Å². The lowest BCUT2D eigenvalue weighted by Crippen LogP contribution is -2.49. The van der Waals surface area contributed by atoms with Crippen molar-refractivity contribution in [3.63, 3.8) is 0 Å². The first-order valence-corrected chi connectivity index (χ1v) is 15.4. The predicted molar refractivity (Wildman–Crippen MR) is 171 cm³/mol. The lowest BCUT2D eigenvalue weighted by atomic mass is 9.68. The molecule has 1 heterocycles. The first-order chi connectivity index (χ1) is 20.9. The Balaban J connectivity index is 1.79. The number of hydrogen-bond donors (Lipinski definition) is 3. The summed E-state index contributed by atoms with van der Waals surface area (Å²) >= 11 is 0. The van der Waals surface area contributed by atoms with E-state index in [4.69, 9.17) is 0 Å². The molecule has 0 spiro atoms. The van der Waals surface area contributed by atoms with Gasteiger partial charge < -0.3 is 25.3 Å². The fourth-order valence-corrected chi connectivity index (χ4v) is 6.48. The van der Waals surface area contributed by atoms with Crippen LogP contribution in [0.15, 0.2) is 36.4 Å². The molecule has 0 radical (unpaired) electrons. The van der Waals surface area contributed by atoms with E-state index in [1.807, 2.05) is 50.2 Å². The third kappa shape index (κ3) is 6.48. The van der Waals surface area contributed by atoms with Crippen molar-refractivity contribution in [2.24, 2.45) is 0 Å². The fourth-order valence-electron chi connectivity index (χ4n) is 6.48. The molecule has 0 unspecified atom stereocenters. The molecule has 0 bridgehead atoms. The van der Waals surface area contributed by atoms with Crippen molar-refractivity contribution < 1.29 is 14.4 Å². The lowest BCUT2D eigenvalue weighted by molar-refractivity contribution is -0.130. The molecule has 1 aliphatic carbocycles. The van der Waals surface area contributed by atoms with Crippen LogP contribution >= 0.6 is 0 Å². The predicted octanol–water partition coefficient (Wildman–Crippen LogP) is 2.94. The number of nitriles is 1. The molecule has 2 aliphatic rings. The van der Waals surface area contributed by atoms with Gasteiger partial charge in [0, 0.05) is 51.9 Å². The molecule has 3 amide bonds. The van der Waals surface area contributed by atoms with Crippen LogP contribution in [0.1, 0.15) is 76.1 Å². The van der Waals surface area contributed by atoms with Crippen molar-refractivity contribution >= 4 is 23.6 Å². The summed E-state index contributed by atoms with van der Waals surface area (Å²) in [7, 11) is 6.92. The number of nitrogens with zero attached hydrogens (tertiary/aromatic N) is 4. The van der Waals surface area contributed by atoms with Gasteiger partial charge in [-0.15, -0.1) is 0 Å². The van der Waals surface area contributed by atoms with Crippen LogP contribution in [-0.2, 0) is 23.1 Å². The second-order valence-electron chi connectivity index (χ2n) is 12.5. The van der Waals surface area contributed by atoms with Gasteiger partial charge in [-0.05, 0) is 99.0 Å². The van der Waals surface area contributed by atoms with Gasteiger partial charge in [-0.3, -0.25) is 19.8 Å². The number of amidine groups is 1. The number of likely N-dealkylation sites (tertiary alicyclic amines) is 1. The first-order valence-electron chi connectivity index (χ1n) is 15.4. The number of amides is 3. The maximum absolute atomic E-state index is 13.0. The molecule has 1 fully saturated rings. The molecule has 0 saturated carbocycles. The Bertz CT molecular complexity index is 1400. The molecule has 3 N–H and O–H groups in total. The Morgan fingerprint density at radius 1 is 1.00 bits per heavy atom. The number of benzene rings is 2. The van der Waals surface area contributed by atoms with Gasteiger partial charge in [0.05, 0.1) is 18.0 Å². The minimum atomic E-state index is -0.927. The molecule has 1 aliphatic heterocycles. The summed E-state index contributed by atoms with van der Waals surface area (Å²) in [6.07, 6.45) is 3.28. The quantitative estimate of drug-likeness (QED) is 0.231. The maximum atomic E-state index is 13.0. The van der Waals surface area contributed by atoms with E-state index in [-0.39, 0.29) is 36.3 Å². The van der Waals surface area contributed by atoms with Crippen LogP contribution in [0.5, 0.6) is 0 Å². The Labute approximate surface area is 260 Å². The summed E-state index contributed by atoms with van der Waals surface area (Å²) in [6, 6.07) is 13.4. The largest absolute Gasteiger partial charge is 0.371 e. The zero-order chi connectivity index (χ0) is 32.2. The third-order valence-electron chi connectivity index (χ3n) is 8.63. The number of carbonyl (C=O) groups is 3. The zero-order valence-electron chi connectivity index (χ0n) is 26.8. The van der Waals surface area contributed by atoms with Crippen molar-refractivity contribution in [3.05, 3.63) is 69.8 Å². The van der Waals surface area contributed by atoms with E-state index < -0.39 is 5.41 Å². The highest BCUT2D eigenvalue weighted by molar-refractivity contribution is 5.98. The molecular weight excluding hydrogens is 554 g/mol. The Hall–Kier alpha value is -4.23. The maximum Gasteiger partial charge on any atom is 0.253 e. The number of carbonyl (C=O) groups excluding carboxylic acids is 3. The van der Waals surface area contributed by atoms with Crippen LogP contribution in [0.3, 0.4) is 0 Å². The Kier molecular flexibility index (Phi) is 10.1. The van der Waals surface area contributed by atoms with Crippen molar-refractivity contribution in [1.82, 2.24) is 25.3 Å². The van der Waals surface area contributed by atoms with Gasteiger partial charge in [0.1, 0.15) is 11.9 Å². The second kappa shape index (κ2) is 13.6. The molecule has 0 aromatic heterocycles. The molecule has 234 valence electrons. The molecule has 1 atom stereocenters. The van der Waals surface area contributed by atoms with Crippen LogP contribution in [0.25, 0.3) is 0 Å². The van der Waals surface area contributed by atoms with E-state index in [1.165, 1.54) is 0 Å². The normalized spacial score (nSPS) is 16.8. The summed E-state index contributed by atoms with van der Waals surface area (Å²) in [6.45, 7) is 5.11. The average Bonchev–Trinajstić information content (AvgIpc) is 3.43. The highest BCUT2D eigenvalue weighted by Gasteiger charge is 2.44. The lowest BCUT2D eigenvalue weighted by Gasteiger charge is -2.38. The number of nitrogens with one attached hydrogen (secondary N) is 3. The van der Waals surface area contributed by atoms with Gasteiger partial charge >= 0.3 is 0 Å². The van der Waals surface area contributed by atoms with Crippen LogP contribution in [-0.4, -0.2) is 98.2 Å². The van der Waals surface area contributed by atoms with E-state index in [0.29, 0.717) is 55.7 Å². The standard InChI is InChI=1S/C34H45N7O3/c1-22(2)38-33(36)34(15-16-37-21-30(42)41-17-7-8-27(41)20-35)28-13-11-25(31(43)39(3)4)18-23(28)9-10-24-19-26(12-14-29(24)34)32(44)40(5)6/h11-14,18-19,22,27,37H,7-10,15-17,21H2,1-6H3,(H2,36,38)/t27-/m0/s1. The van der Waals surface area contributed by atoms with Gasteiger partial charge in [0.2, 0.25) is 5.91 Å². The van der Waals surface area contributed by atoms with E-state index >= 15 is 0 Å². The monoisotopic (exact) mass is 599 g/mol. The highest BCUT2D eigenvalue weighted by Crippen LogP contribution is 2.43. The van der Waals surface area contributed by atoms with E-state index in [0.717, 1.165) is 28.7 Å². The second-order valence-corrected chi connectivity index (χ2v) is 12.5. The van der Waals surface area contributed by atoms with Crippen LogP contribution in [0.4, 0.5) is 0 Å². The molecule has 2 aromatic rings. The summed E-state index contributed by atoms with van der Waals surface area (Å²) in [4.78, 5) is 43.6. The van der Waals surface area contributed by atoms with Crippen LogP contribution < -0.4 is 10.6 Å². The number of fused-ring (bicyclic) bond motifs is 2. The van der Waals surface area contributed by atoms with Gasteiger partial charge in [-0.1, -0.05) is 12.1 Å². The molecule has 1 saturated heterocycles. The SMILES string of the molecule is CC(C)NC(=N)C1(CCNCC(=O)N2CCC[C@H]2C#N)c2ccc(C(=O)N(C)C)cc2CCc2cc(C(=O)N(C)C)ccc21. The highest BCUT2D eigenvalue weighted by atomic mass is 16.2. The van der Waals surface area contributed by atoms with Crippen molar-refractivity contribution in [2.75, 3.05) is 47.8 Å². The van der Waals surface area contributed by atoms with Gasteiger partial charge in [0.25, 0.3) is 11.8 Å². The molecule has 10 nitrogen and oxygen atoms in total. The minimum Gasteiger partial charge on any atom is -0.371 e. The average molecular weight is 600 g/mol. The topological polar surface area (TPSA) is 133 Å². The van der Waals surface area contributed by atoms with Gasteiger partial charge in [-0.25, -0.2) is 0 Å². The minimum absolute atomic E-state index is 0.00803. The summed E-state index contributed by atoms with van der Waals surface area (Å²) in [5.74, 6) is 0.0469.